The molecule has 0 aliphatic heterocycles. The highest BCUT2D eigenvalue weighted by Gasteiger charge is 2.16. The summed E-state index contributed by atoms with van der Waals surface area (Å²) in [6.07, 6.45) is -0.134. The number of para-hydroxylation sites is 1. The zero-order valence-corrected chi connectivity index (χ0v) is 11.8. The summed E-state index contributed by atoms with van der Waals surface area (Å²) in [5, 5.41) is 28.3. The molecule has 0 aliphatic rings. The number of rotatable bonds is 7. The molecule has 0 heterocycles. The molecule has 5 nitrogen and oxygen atoms in total. The van der Waals surface area contributed by atoms with Crippen LogP contribution in [-0.4, -0.2) is 48.9 Å². The highest BCUT2D eigenvalue weighted by atomic mass is 16.3. The van der Waals surface area contributed by atoms with Gasteiger partial charge in [-0.3, -0.25) is 0 Å². The molecule has 1 atom stereocenters. The van der Waals surface area contributed by atoms with Gasteiger partial charge in [0.1, 0.15) is 12.6 Å². The van der Waals surface area contributed by atoms with Crippen LogP contribution in [0.5, 0.6) is 0 Å². The second-order valence-electron chi connectivity index (χ2n) is 5.19. The topological polar surface area (TPSA) is 67.7 Å². The minimum Gasteiger partial charge on any atom is -0.858 e. The Morgan fingerprint density at radius 2 is 2.00 bits per heavy atom. The van der Waals surface area contributed by atoms with Gasteiger partial charge in [0, 0.05) is 18.1 Å². The van der Waals surface area contributed by atoms with Crippen molar-refractivity contribution < 1.29 is 14.8 Å². The highest BCUT2D eigenvalue weighted by molar-refractivity contribution is 5.71. The number of nitrogens with zero attached hydrogens (tertiary/aromatic N) is 2. The summed E-state index contributed by atoms with van der Waals surface area (Å²) in [5.74, 6) is -0.158. The molecule has 0 bridgehead atoms. The van der Waals surface area contributed by atoms with E-state index in [2.05, 4.69) is 10.4 Å². The van der Waals surface area contributed by atoms with Crippen LogP contribution >= 0.6 is 0 Å². The van der Waals surface area contributed by atoms with Gasteiger partial charge in [-0.25, -0.2) is 4.59 Å². The molecular formula is C14H23N3O2. The molecule has 1 aromatic rings. The second-order valence-corrected chi connectivity index (χ2v) is 5.19. The number of aliphatic hydroxyl groups is 1. The third-order valence-corrected chi connectivity index (χ3v) is 2.54. The van der Waals surface area contributed by atoms with Gasteiger partial charge in [0.2, 0.25) is 0 Å². The van der Waals surface area contributed by atoms with Gasteiger partial charge in [0.05, 0.1) is 14.1 Å². The third kappa shape index (κ3) is 6.79. The Kier molecular flexibility index (Phi) is 5.79. The van der Waals surface area contributed by atoms with E-state index in [1.54, 1.807) is 21.0 Å². The van der Waals surface area contributed by atoms with Crippen LogP contribution in [0.2, 0.25) is 0 Å². The van der Waals surface area contributed by atoms with Crippen molar-refractivity contribution in [2.75, 3.05) is 32.5 Å². The van der Waals surface area contributed by atoms with Crippen LogP contribution in [0, 0.1) is 0 Å². The molecule has 0 saturated carbocycles. The second kappa shape index (κ2) is 7.11. The molecule has 5 heteroatoms. The lowest BCUT2D eigenvalue weighted by atomic mass is 10.3. The van der Waals surface area contributed by atoms with Gasteiger partial charge in [0.15, 0.2) is 0 Å². The first kappa shape index (κ1) is 15.5. The number of likely N-dealkylation sites (N-methyl/N-ethyl adjacent to an activating group) is 1. The van der Waals surface area contributed by atoms with Gasteiger partial charge in [0.25, 0.3) is 0 Å². The Morgan fingerprint density at radius 3 is 2.58 bits per heavy atom. The number of hydrogen-bond acceptors (Lipinski definition) is 4. The van der Waals surface area contributed by atoms with Crippen LogP contribution in [0.15, 0.2) is 35.4 Å². The Balaban J connectivity index is 2.40. The number of anilines is 1. The van der Waals surface area contributed by atoms with Crippen molar-refractivity contribution in [1.29, 1.82) is 0 Å². The van der Waals surface area contributed by atoms with Crippen LogP contribution in [0.4, 0.5) is 5.69 Å². The lowest BCUT2D eigenvalue weighted by molar-refractivity contribution is -0.901. The van der Waals surface area contributed by atoms with E-state index in [1.807, 2.05) is 30.3 Å². The van der Waals surface area contributed by atoms with Crippen LogP contribution < -0.4 is 10.4 Å². The van der Waals surface area contributed by atoms with E-state index in [0.29, 0.717) is 19.5 Å². The van der Waals surface area contributed by atoms with E-state index in [1.165, 1.54) is 0 Å². The summed E-state index contributed by atoms with van der Waals surface area (Å²) >= 11 is 0. The summed E-state index contributed by atoms with van der Waals surface area (Å²) in [6, 6.07) is 9.74. The molecule has 0 aromatic heterocycles. The van der Waals surface area contributed by atoms with Gasteiger partial charge in [-0.2, -0.15) is 0 Å². The predicted molar refractivity (Wildman–Crippen MR) is 75.6 cm³/mol. The Bertz CT molecular complexity index is 402. The summed E-state index contributed by atoms with van der Waals surface area (Å²) in [6.45, 7) is 2.68. The molecule has 0 aliphatic carbocycles. The molecule has 0 fully saturated rings. The SMILES string of the molecule is CC(O)C[N+](C)(C)/N=C(/[O-])CCNc1ccccc1. The van der Waals surface area contributed by atoms with Crippen LogP contribution in [0.1, 0.15) is 13.3 Å². The molecule has 1 aromatic carbocycles. The lowest BCUT2D eigenvalue weighted by Gasteiger charge is -2.26. The van der Waals surface area contributed by atoms with Crippen molar-refractivity contribution in [2.24, 2.45) is 5.10 Å². The summed E-state index contributed by atoms with van der Waals surface area (Å²) in [7, 11) is 3.60. The fourth-order valence-corrected chi connectivity index (χ4v) is 1.91. The maximum Gasteiger partial charge on any atom is 0.128 e. The Labute approximate surface area is 114 Å². The first-order valence-electron chi connectivity index (χ1n) is 6.45. The number of hydrogen-bond donors (Lipinski definition) is 2. The van der Waals surface area contributed by atoms with Gasteiger partial charge in [-0.05, 0) is 25.5 Å². The van der Waals surface area contributed by atoms with Gasteiger partial charge < -0.3 is 15.5 Å². The highest BCUT2D eigenvalue weighted by Crippen LogP contribution is 2.05. The Morgan fingerprint density at radius 1 is 1.37 bits per heavy atom. The Hall–Kier alpha value is -1.59. The zero-order valence-electron chi connectivity index (χ0n) is 11.8. The predicted octanol–water partition coefficient (Wildman–Crippen LogP) is 0.620. The average Bonchev–Trinajstić information content (AvgIpc) is 2.27. The standard InChI is InChI=1S/C14H23N3O2/c1-12(18)11-17(2,3)16-14(19)9-10-15-13-7-5-4-6-8-13/h4-8,12,15,18H,9-11H2,1-3H3. The fraction of sp³-hybridized carbons (Fsp3) is 0.500. The minimum absolute atomic E-state index is 0.155. The van der Waals surface area contributed by atoms with E-state index >= 15 is 0 Å². The summed E-state index contributed by atoms with van der Waals surface area (Å²) < 4.78 is 0.155. The molecule has 0 amide bonds. The quantitative estimate of drug-likeness (QED) is 0.329. The van der Waals surface area contributed by atoms with Crippen molar-refractivity contribution in [3.8, 4) is 0 Å². The van der Waals surface area contributed by atoms with Crippen molar-refractivity contribution in [2.45, 2.75) is 19.4 Å². The molecule has 19 heavy (non-hydrogen) atoms. The molecule has 0 radical (unpaired) electrons. The molecule has 0 saturated heterocycles. The normalized spacial score (nSPS) is 14.2. The number of aliphatic hydroxyl groups excluding tert-OH is 1. The minimum atomic E-state index is -0.478. The van der Waals surface area contributed by atoms with Crippen molar-refractivity contribution in [3.63, 3.8) is 0 Å². The van der Waals surface area contributed by atoms with Gasteiger partial charge >= 0.3 is 0 Å². The van der Waals surface area contributed by atoms with Gasteiger partial charge in [-0.15, -0.1) is 5.10 Å². The van der Waals surface area contributed by atoms with E-state index in [9.17, 15) is 10.2 Å². The van der Waals surface area contributed by atoms with Crippen molar-refractivity contribution in [1.82, 2.24) is 0 Å². The van der Waals surface area contributed by atoms with E-state index in [-0.39, 0.29) is 10.5 Å². The molecule has 2 N–H and O–H groups in total. The molecule has 1 unspecified atom stereocenters. The average molecular weight is 265 g/mol. The van der Waals surface area contributed by atoms with Gasteiger partial charge in [-0.1, -0.05) is 18.2 Å². The van der Waals surface area contributed by atoms with E-state index < -0.39 is 6.10 Å². The van der Waals surface area contributed by atoms with E-state index in [0.717, 1.165) is 5.69 Å². The maximum absolute atomic E-state index is 11.7. The summed E-state index contributed by atoms with van der Waals surface area (Å²) in [5.41, 5.74) is 0.994. The zero-order chi connectivity index (χ0) is 14.3. The van der Waals surface area contributed by atoms with E-state index in [4.69, 9.17) is 0 Å². The largest absolute Gasteiger partial charge is 0.858 e. The van der Waals surface area contributed by atoms with Crippen LogP contribution in [0.25, 0.3) is 0 Å². The molecule has 1 rings (SSSR count). The maximum atomic E-state index is 11.7. The van der Waals surface area contributed by atoms with Crippen molar-refractivity contribution in [3.05, 3.63) is 30.3 Å². The molecule has 106 valence electrons. The fourth-order valence-electron chi connectivity index (χ4n) is 1.91. The number of benzene rings is 1. The lowest BCUT2D eigenvalue weighted by Crippen LogP contribution is -2.42. The van der Waals surface area contributed by atoms with Crippen molar-refractivity contribution >= 4 is 11.6 Å². The third-order valence-electron chi connectivity index (χ3n) is 2.54. The first-order chi connectivity index (χ1) is 8.89. The number of quaternary nitrogens is 1. The molecular weight excluding hydrogens is 242 g/mol. The van der Waals surface area contributed by atoms with Crippen LogP contribution in [-0.2, 0) is 0 Å². The summed E-state index contributed by atoms with van der Waals surface area (Å²) in [4.78, 5) is 0. The monoisotopic (exact) mass is 265 g/mol. The number of nitrogens with one attached hydrogen (secondary N) is 1. The first-order valence-corrected chi connectivity index (χ1v) is 6.45. The molecule has 0 spiro atoms. The smallest absolute Gasteiger partial charge is 0.128 e. The van der Waals surface area contributed by atoms with Crippen LogP contribution in [0.3, 0.4) is 0 Å².